The Morgan fingerprint density at radius 1 is 0.774 bits per heavy atom. The maximum atomic E-state index is 13.3. The van der Waals surface area contributed by atoms with Crippen molar-refractivity contribution >= 4 is 34.8 Å². The van der Waals surface area contributed by atoms with Crippen LogP contribution in [0.5, 0.6) is 0 Å². The normalized spacial score (nSPS) is 12.1. The molecule has 3 aromatic carbocycles. The van der Waals surface area contributed by atoms with Crippen LogP contribution in [0.3, 0.4) is 0 Å². The molecular formula is C25H20N2O4. The molecule has 6 nitrogen and oxygen atoms in total. The summed E-state index contributed by atoms with van der Waals surface area (Å²) in [5.74, 6) is -1.40. The van der Waals surface area contributed by atoms with Gasteiger partial charge in [-0.15, -0.1) is 0 Å². The van der Waals surface area contributed by atoms with Crippen molar-refractivity contribution in [3.8, 4) is 0 Å². The van der Waals surface area contributed by atoms with Gasteiger partial charge >= 0.3 is 0 Å². The van der Waals surface area contributed by atoms with E-state index in [2.05, 4.69) is 10.6 Å². The van der Waals surface area contributed by atoms with Gasteiger partial charge < -0.3 is 10.6 Å². The Morgan fingerprint density at radius 3 is 2.06 bits per heavy atom. The first-order valence-corrected chi connectivity index (χ1v) is 9.94. The minimum absolute atomic E-state index is 0.0815. The van der Waals surface area contributed by atoms with E-state index in [0.29, 0.717) is 11.1 Å². The van der Waals surface area contributed by atoms with Crippen LogP contribution in [-0.2, 0) is 4.79 Å². The van der Waals surface area contributed by atoms with Gasteiger partial charge in [0.15, 0.2) is 11.6 Å². The number of fused-ring (bicyclic) bond motifs is 2. The van der Waals surface area contributed by atoms with Gasteiger partial charge in [0, 0.05) is 28.7 Å². The largest absolute Gasteiger partial charge is 0.324 e. The van der Waals surface area contributed by atoms with Gasteiger partial charge in [0.2, 0.25) is 5.91 Å². The van der Waals surface area contributed by atoms with E-state index in [0.717, 1.165) is 5.56 Å². The fraction of sp³-hybridized carbons (Fsp3) is 0.120. The molecule has 0 saturated carbocycles. The van der Waals surface area contributed by atoms with Crippen molar-refractivity contribution in [3.05, 3.63) is 94.0 Å². The molecule has 1 aliphatic carbocycles. The number of amides is 2. The molecule has 0 spiro atoms. The maximum absolute atomic E-state index is 13.3. The van der Waals surface area contributed by atoms with Crippen LogP contribution in [0.2, 0.25) is 0 Å². The fourth-order valence-corrected chi connectivity index (χ4v) is 3.55. The van der Waals surface area contributed by atoms with E-state index in [4.69, 9.17) is 0 Å². The monoisotopic (exact) mass is 412 g/mol. The number of ketones is 2. The molecule has 0 fully saturated rings. The van der Waals surface area contributed by atoms with Crippen LogP contribution in [0.15, 0.2) is 60.7 Å². The van der Waals surface area contributed by atoms with Crippen molar-refractivity contribution in [3.63, 3.8) is 0 Å². The highest BCUT2D eigenvalue weighted by Crippen LogP contribution is 2.37. The number of carbonyl (C=O) groups excluding carboxylic acids is 4. The Labute approximate surface area is 179 Å². The van der Waals surface area contributed by atoms with E-state index in [1.165, 1.54) is 12.1 Å². The molecule has 0 aromatic heterocycles. The van der Waals surface area contributed by atoms with Gasteiger partial charge in [-0.2, -0.15) is 0 Å². The van der Waals surface area contributed by atoms with Crippen molar-refractivity contribution in [1.82, 2.24) is 0 Å². The summed E-state index contributed by atoms with van der Waals surface area (Å²) in [7, 11) is 0. The van der Waals surface area contributed by atoms with Crippen molar-refractivity contribution in [2.75, 3.05) is 10.6 Å². The van der Waals surface area contributed by atoms with Crippen LogP contribution in [0, 0.1) is 6.92 Å². The third-order valence-corrected chi connectivity index (χ3v) is 5.24. The number of benzene rings is 3. The Kier molecular flexibility index (Phi) is 5.21. The highest BCUT2D eigenvalue weighted by atomic mass is 16.2. The highest BCUT2D eigenvalue weighted by molar-refractivity contribution is 6.31. The van der Waals surface area contributed by atoms with Crippen LogP contribution >= 0.6 is 0 Å². The Hall–Kier alpha value is -4.06. The van der Waals surface area contributed by atoms with E-state index < -0.39 is 5.91 Å². The average molecular weight is 412 g/mol. The van der Waals surface area contributed by atoms with E-state index in [-0.39, 0.29) is 52.0 Å². The third kappa shape index (κ3) is 3.64. The lowest BCUT2D eigenvalue weighted by molar-refractivity contribution is -0.115. The molecule has 31 heavy (non-hydrogen) atoms. The van der Waals surface area contributed by atoms with E-state index >= 15 is 0 Å². The molecule has 0 radical (unpaired) electrons. The van der Waals surface area contributed by atoms with Crippen LogP contribution in [0.4, 0.5) is 11.4 Å². The second kappa shape index (κ2) is 7.99. The first-order valence-electron chi connectivity index (χ1n) is 9.94. The molecule has 2 amide bonds. The highest BCUT2D eigenvalue weighted by Gasteiger charge is 2.33. The minimum atomic E-state index is -0.445. The summed E-state index contributed by atoms with van der Waals surface area (Å²) in [5, 5.41) is 5.48. The third-order valence-electron chi connectivity index (χ3n) is 5.24. The molecule has 1 aliphatic rings. The van der Waals surface area contributed by atoms with Gasteiger partial charge in [0.25, 0.3) is 5.91 Å². The van der Waals surface area contributed by atoms with Gasteiger partial charge in [0.1, 0.15) is 0 Å². The zero-order valence-electron chi connectivity index (χ0n) is 17.1. The van der Waals surface area contributed by atoms with Crippen LogP contribution in [0.1, 0.15) is 61.1 Å². The lowest BCUT2D eigenvalue weighted by Gasteiger charge is -2.23. The van der Waals surface area contributed by atoms with Gasteiger partial charge in [-0.05, 0) is 31.2 Å². The molecular weight excluding hydrogens is 392 g/mol. The number of nitrogens with one attached hydrogen (secondary N) is 2. The molecule has 0 unspecified atom stereocenters. The van der Waals surface area contributed by atoms with Crippen molar-refractivity contribution < 1.29 is 19.2 Å². The number of hydrogen-bond donors (Lipinski definition) is 2. The van der Waals surface area contributed by atoms with Gasteiger partial charge in [-0.1, -0.05) is 48.9 Å². The second-order valence-corrected chi connectivity index (χ2v) is 7.34. The summed E-state index contributed by atoms with van der Waals surface area (Å²) in [6.45, 7) is 3.61. The van der Waals surface area contributed by atoms with Crippen molar-refractivity contribution in [1.29, 1.82) is 0 Å². The number of aryl methyl sites for hydroxylation is 1. The average Bonchev–Trinajstić information content (AvgIpc) is 2.78. The van der Waals surface area contributed by atoms with Crippen molar-refractivity contribution in [2.45, 2.75) is 20.3 Å². The van der Waals surface area contributed by atoms with Crippen LogP contribution in [-0.4, -0.2) is 23.4 Å². The zero-order chi connectivity index (χ0) is 22.1. The SMILES string of the molecule is CCC(=O)Nc1ccc2c(c1NC(=O)c1ccc(C)cc1)C(=O)c1ccccc1C2=O. The topological polar surface area (TPSA) is 92.3 Å². The van der Waals surface area contributed by atoms with Gasteiger partial charge in [-0.25, -0.2) is 0 Å². The summed E-state index contributed by atoms with van der Waals surface area (Å²) < 4.78 is 0. The minimum Gasteiger partial charge on any atom is -0.324 e. The van der Waals surface area contributed by atoms with Gasteiger partial charge in [0.05, 0.1) is 16.9 Å². The number of anilines is 2. The fourth-order valence-electron chi connectivity index (χ4n) is 3.55. The molecule has 0 saturated heterocycles. The second-order valence-electron chi connectivity index (χ2n) is 7.34. The molecule has 0 aliphatic heterocycles. The summed E-state index contributed by atoms with van der Waals surface area (Å²) in [5.41, 5.74) is 2.65. The molecule has 6 heteroatoms. The molecule has 3 aromatic rings. The molecule has 0 atom stereocenters. The quantitative estimate of drug-likeness (QED) is 0.521. The molecule has 2 N–H and O–H groups in total. The molecule has 4 rings (SSSR count). The lowest BCUT2D eigenvalue weighted by Crippen LogP contribution is -2.25. The number of hydrogen-bond acceptors (Lipinski definition) is 4. The summed E-state index contributed by atoms with van der Waals surface area (Å²) >= 11 is 0. The summed E-state index contributed by atoms with van der Waals surface area (Å²) in [6.07, 6.45) is 0.220. The molecule has 154 valence electrons. The number of rotatable bonds is 4. The van der Waals surface area contributed by atoms with Crippen LogP contribution in [0.25, 0.3) is 0 Å². The van der Waals surface area contributed by atoms with Crippen LogP contribution < -0.4 is 10.6 Å². The molecule has 0 heterocycles. The summed E-state index contributed by atoms with van der Waals surface area (Å²) in [6, 6.07) is 16.6. The molecule has 0 bridgehead atoms. The summed E-state index contributed by atoms with van der Waals surface area (Å²) in [4.78, 5) is 51.4. The van der Waals surface area contributed by atoms with E-state index in [1.54, 1.807) is 55.5 Å². The first kappa shape index (κ1) is 20.2. The van der Waals surface area contributed by atoms with Crippen molar-refractivity contribution in [2.24, 2.45) is 0 Å². The van der Waals surface area contributed by atoms with Gasteiger partial charge in [-0.3, -0.25) is 19.2 Å². The standard InChI is InChI=1S/C25H20N2O4/c1-3-20(28)26-19-13-12-18-21(24(30)17-7-5-4-6-16(17)23(18)29)22(19)27-25(31)15-10-8-14(2)9-11-15/h4-13H,3H2,1-2H3,(H,26,28)(H,27,31). The lowest BCUT2D eigenvalue weighted by atomic mass is 9.82. The predicted molar refractivity (Wildman–Crippen MR) is 118 cm³/mol. The van der Waals surface area contributed by atoms with E-state index in [9.17, 15) is 19.2 Å². The maximum Gasteiger partial charge on any atom is 0.255 e. The smallest absolute Gasteiger partial charge is 0.255 e. The number of carbonyl (C=O) groups is 4. The van der Waals surface area contributed by atoms with E-state index in [1.807, 2.05) is 6.92 Å². The first-order chi connectivity index (χ1) is 14.9. The Bertz CT molecular complexity index is 1240. The predicted octanol–water partition coefficient (Wildman–Crippen LogP) is 4.37. The Balaban J connectivity index is 1.86. The zero-order valence-corrected chi connectivity index (χ0v) is 17.1. The Morgan fingerprint density at radius 2 is 1.42 bits per heavy atom.